The van der Waals surface area contributed by atoms with E-state index >= 15 is 0 Å². The van der Waals surface area contributed by atoms with Gasteiger partial charge in [-0.15, -0.1) is 0 Å². The van der Waals surface area contributed by atoms with Gasteiger partial charge in [-0.25, -0.2) is 24.0 Å². The lowest BCUT2D eigenvalue weighted by Gasteiger charge is -2.37. The molecule has 0 aromatic carbocycles. The molecule has 9 nitrogen and oxygen atoms in total. The number of amides is 1. The highest BCUT2D eigenvalue weighted by Crippen LogP contribution is 2.34. The molecule has 35 heavy (non-hydrogen) atoms. The number of fused-ring (bicyclic) bond motifs is 1. The predicted molar refractivity (Wildman–Crippen MR) is 130 cm³/mol. The van der Waals surface area contributed by atoms with E-state index in [2.05, 4.69) is 38.8 Å². The first-order valence-electron chi connectivity index (χ1n) is 11.5. The Bertz CT molecular complexity index is 1370. The van der Waals surface area contributed by atoms with Crippen molar-refractivity contribution in [1.29, 1.82) is 0 Å². The monoisotopic (exact) mass is 517 g/mol. The van der Waals surface area contributed by atoms with Gasteiger partial charge in [-0.3, -0.25) is 4.79 Å². The zero-order valence-electron chi connectivity index (χ0n) is 19.2. The van der Waals surface area contributed by atoms with Crippen LogP contribution in [0.1, 0.15) is 54.8 Å². The number of imidazole rings is 1. The van der Waals surface area contributed by atoms with E-state index in [1.165, 1.54) is 17.1 Å². The Balaban J connectivity index is 1.51. The number of nitrogens with one attached hydrogen (secondary N) is 1. The van der Waals surface area contributed by atoms with E-state index in [0.717, 1.165) is 41.7 Å². The average Bonchev–Trinajstić information content (AvgIpc) is 3.53. The fourth-order valence-corrected chi connectivity index (χ4v) is 5.47. The summed E-state index contributed by atoms with van der Waals surface area (Å²) < 4.78 is 17.4. The van der Waals surface area contributed by atoms with Gasteiger partial charge in [-0.2, -0.15) is 5.10 Å². The summed E-state index contributed by atoms with van der Waals surface area (Å²) in [6.45, 7) is 4.22. The van der Waals surface area contributed by atoms with E-state index in [4.69, 9.17) is 16.6 Å². The Labute approximate surface area is 210 Å². The van der Waals surface area contributed by atoms with E-state index < -0.39 is 18.0 Å². The number of carbonyl (C=O) groups is 1. The third-order valence-electron chi connectivity index (χ3n) is 6.15. The van der Waals surface area contributed by atoms with Gasteiger partial charge in [-0.1, -0.05) is 36.8 Å². The van der Waals surface area contributed by atoms with Crippen molar-refractivity contribution in [2.24, 2.45) is 5.92 Å². The second-order valence-corrected chi connectivity index (χ2v) is 10.8. The van der Waals surface area contributed by atoms with Crippen LogP contribution in [0.25, 0.3) is 16.9 Å². The van der Waals surface area contributed by atoms with Crippen molar-refractivity contribution in [3.63, 3.8) is 0 Å². The summed E-state index contributed by atoms with van der Waals surface area (Å²) in [7, 11) is 0. The lowest BCUT2D eigenvalue weighted by Crippen LogP contribution is -2.49. The number of hydrogen-bond donors (Lipinski definition) is 2. The Morgan fingerprint density at radius 3 is 2.83 bits per heavy atom. The van der Waals surface area contributed by atoms with Crippen molar-refractivity contribution in [3.8, 4) is 5.82 Å². The van der Waals surface area contributed by atoms with E-state index in [9.17, 15) is 14.3 Å². The predicted octanol–water partition coefficient (Wildman–Crippen LogP) is 3.95. The van der Waals surface area contributed by atoms with Gasteiger partial charge < -0.3 is 15.0 Å². The summed E-state index contributed by atoms with van der Waals surface area (Å²) in [6, 6.07) is 1.05. The van der Waals surface area contributed by atoms with Crippen molar-refractivity contribution in [3.05, 3.63) is 51.8 Å². The number of thiazole rings is 1. The second kappa shape index (κ2) is 9.63. The molecule has 3 atom stereocenters. The summed E-state index contributed by atoms with van der Waals surface area (Å²) in [6.07, 6.45) is 7.52. The Kier molecular flexibility index (Phi) is 6.56. The highest BCUT2D eigenvalue weighted by atomic mass is 35.5. The van der Waals surface area contributed by atoms with Crippen molar-refractivity contribution < 1.29 is 14.3 Å². The molecule has 0 unspecified atom stereocenters. The van der Waals surface area contributed by atoms with Crippen LogP contribution in [0, 0.1) is 11.7 Å². The van der Waals surface area contributed by atoms with Crippen LogP contribution < -0.4 is 5.32 Å². The van der Waals surface area contributed by atoms with Crippen LogP contribution in [0.4, 0.5) is 4.39 Å². The molecule has 184 valence electrons. The quantitative estimate of drug-likeness (QED) is 0.400. The zero-order valence-corrected chi connectivity index (χ0v) is 20.8. The maximum absolute atomic E-state index is 13.6. The van der Waals surface area contributed by atoms with Gasteiger partial charge >= 0.3 is 0 Å². The molecule has 4 aromatic rings. The molecule has 0 saturated heterocycles. The first kappa shape index (κ1) is 23.8. The lowest BCUT2D eigenvalue weighted by atomic mass is 9.87. The molecule has 1 amide bonds. The maximum Gasteiger partial charge on any atom is 0.280 e. The molecule has 0 radical (unpaired) electrons. The third-order valence-corrected chi connectivity index (χ3v) is 7.27. The Morgan fingerprint density at radius 2 is 2.14 bits per heavy atom. The molecular formula is C23H25ClFN7O2S. The number of hydrogen-bond acceptors (Lipinski definition) is 7. The van der Waals surface area contributed by atoms with Crippen LogP contribution in [-0.2, 0) is 6.42 Å². The zero-order chi connectivity index (χ0) is 24.7. The molecule has 1 saturated carbocycles. The molecule has 5 rings (SSSR count). The van der Waals surface area contributed by atoms with Crippen molar-refractivity contribution in [2.75, 3.05) is 0 Å². The van der Waals surface area contributed by atoms with E-state index in [1.807, 2.05) is 6.07 Å². The van der Waals surface area contributed by atoms with E-state index in [-0.39, 0.29) is 17.0 Å². The molecule has 4 heterocycles. The number of pyridine rings is 1. The summed E-state index contributed by atoms with van der Waals surface area (Å²) in [5, 5.41) is 18.6. The molecule has 4 aromatic heterocycles. The van der Waals surface area contributed by atoms with Gasteiger partial charge in [0.15, 0.2) is 16.6 Å². The fourth-order valence-electron chi connectivity index (χ4n) is 4.65. The molecule has 2 N–H and O–H groups in total. The van der Waals surface area contributed by atoms with Gasteiger partial charge in [-0.05, 0) is 25.2 Å². The fraction of sp³-hybridized carbons (Fsp3) is 0.435. The minimum Gasteiger partial charge on any atom is -0.389 e. The maximum atomic E-state index is 13.6. The summed E-state index contributed by atoms with van der Waals surface area (Å²) in [5.74, 6) is 0.822. The number of aromatic nitrogens is 6. The Hall–Kier alpha value is -2.89. The van der Waals surface area contributed by atoms with Crippen LogP contribution in [0.15, 0.2) is 30.9 Å². The average molecular weight is 518 g/mol. The van der Waals surface area contributed by atoms with Crippen molar-refractivity contribution in [1.82, 2.24) is 34.6 Å². The van der Waals surface area contributed by atoms with Gasteiger partial charge in [0.25, 0.3) is 5.91 Å². The standard InChI is InChI=1S/C23H25ClFN7O2S/c1-12(2)6-20-29-15-9-26-19(31-11-13(25)8-28-31)7-17(15)32(20)16-5-3-4-14(21(16)33)30-22(34)23-27-10-18(24)35-23/h7-12,14,16,21,33H,3-6H2,1-2H3,(H,30,34)/t14-,16+,21+/m0/s1. The number of nitrogens with zero attached hydrogens (tertiary/aromatic N) is 6. The Morgan fingerprint density at radius 1 is 1.31 bits per heavy atom. The second-order valence-electron chi connectivity index (χ2n) is 9.17. The minimum atomic E-state index is -0.842. The molecular weight excluding hydrogens is 493 g/mol. The van der Waals surface area contributed by atoms with E-state index in [1.54, 1.807) is 6.20 Å². The normalized spacial score (nSPS) is 20.6. The summed E-state index contributed by atoms with van der Waals surface area (Å²) >= 11 is 7.02. The van der Waals surface area contributed by atoms with Crippen molar-refractivity contribution in [2.45, 2.75) is 57.7 Å². The highest BCUT2D eigenvalue weighted by Gasteiger charge is 2.36. The van der Waals surface area contributed by atoms with Gasteiger partial charge in [0.1, 0.15) is 15.7 Å². The molecule has 1 fully saturated rings. The van der Waals surface area contributed by atoms with Crippen LogP contribution >= 0.6 is 22.9 Å². The molecule has 0 bridgehead atoms. The van der Waals surface area contributed by atoms with Crippen LogP contribution in [0.2, 0.25) is 4.34 Å². The third kappa shape index (κ3) is 4.80. The van der Waals surface area contributed by atoms with Gasteiger partial charge in [0.2, 0.25) is 0 Å². The first-order valence-corrected chi connectivity index (χ1v) is 12.7. The first-order chi connectivity index (χ1) is 16.8. The number of aliphatic hydroxyl groups is 1. The van der Waals surface area contributed by atoms with E-state index in [0.29, 0.717) is 34.4 Å². The lowest BCUT2D eigenvalue weighted by molar-refractivity contribution is 0.0402. The molecule has 12 heteroatoms. The van der Waals surface area contributed by atoms with Crippen LogP contribution in [0.3, 0.4) is 0 Å². The minimum absolute atomic E-state index is 0.264. The van der Waals surface area contributed by atoms with Crippen LogP contribution in [0.5, 0.6) is 0 Å². The van der Waals surface area contributed by atoms with Gasteiger partial charge in [0, 0.05) is 12.5 Å². The van der Waals surface area contributed by atoms with Crippen molar-refractivity contribution >= 4 is 39.9 Å². The van der Waals surface area contributed by atoms with Gasteiger partial charge in [0.05, 0.1) is 48.5 Å². The number of carbonyl (C=O) groups excluding carboxylic acids is 1. The molecule has 1 aliphatic rings. The number of halogens is 2. The SMILES string of the molecule is CC(C)Cc1nc2cnc(-n3cc(F)cn3)cc2n1[C@@H]1CCC[C@H](NC(=O)c2ncc(Cl)s2)[C@H]1O. The summed E-state index contributed by atoms with van der Waals surface area (Å²) in [4.78, 5) is 25.9. The molecule has 0 aliphatic heterocycles. The summed E-state index contributed by atoms with van der Waals surface area (Å²) in [5.41, 5.74) is 1.47. The topological polar surface area (TPSA) is 111 Å². The number of aliphatic hydroxyl groups excluding tert-OH is 1. The van der Waals surface area contributed by atoms with Crippen LogP contribution in [-0.4, -0.2) is 52.5 Å². The molecule has 0 spiro atoms. The number of rotatable bonds is 6. The largest absolute Gasteiger partial charge is 0.389 e. The molecule has 1 aliphatic carbocycles. The highest BCUT2D eigenvalue weighted by molar-refractivity contribution is 7.17. The smallest absolute Gasteiger partial charge is 0.280 e.